The van der Waals surface area contributed by atoms with Crippen molar-refractivity contribution in [2.75, 3.05) is 20.2 Å². The Morgan fingerprint density at radius 2 is 2.33 bits per heavy atom. The van der Waals surface area contributed by atoms with Crippen molar-refractivity contribution in [1.29, 1.82) is 0 Å². The first-order chi connectivity index (χ1) is 7.31. The predicted octanol–water partition coefficient (Wildman–Crippen LogP) is 0.987. The highest BCUT2D eigenvalue weighted by molar-refractivity contribution is 5.81. The van der Waals surface area contributed by atoms with E-state index in [2.05, 4.69) is 21.2 Å². The van der Waals surface area contributed by atoms with Crippen molar-refractivity contribution >= 4 is 10.9 Å². The predicted molar refractivity (Wildman–Crippen MR) is 59.5 cm³/mol. The summed E-state index contributed by atoms with van der Waals surface area (Å²) in [7, 11) is 1.99. The quantitative estimate of drug-likeness (QED) is 0.782. The van der Waals surface area contributed by atoms with Crippen molar-refractivity contribution in [2.24, 2.45) is 0 Å². The number of hydrogen-bond acceptors (Lipinski definition) is 3. The number of benzene rings is 1. The molecule has 2 N–H and O–H groups in total. The van der Waals surface area contributed by atoms with Gasteiger partial charge in [0.15, 0.2) is 0 Å². The van der Waals surface area contributed by atoms with Gasteiger partial charge in [0, 0.05) is 18.5 Å². The van der Waals surface area contributed by atoms with Crippen LogP contribution in [0.25, 0.3) is 10.9 Å². The molecular weight excluding hydrogens is 190 g/mol. The summed E-state index contributed by atoms with van der Waals surface area (Å²) in [5.74, 6) is 0. The second kappa shape index (κ2) is 4.42. The zero-order valence-corrected chi connectivity index (χ0v) is 8.77. The SMILES string of the molecule is CN(CCO)Cc1cccc2cn[nH]c12. The van der Waals surface area contributed by atoms with Crippen LogP contribution in [0.2, 0.25) is 0 Å². The molecule has 4 nitrogen and oxygen atoms in total. The van der Waals surface area contributed by atoms with Crippen LogP contribution in [0.4, 0.5) is 0 Å². The van der Waals surface area contributed by atoms with Crippen LogP contribution in [0.1, 0.15) is 5.56 Å². The fraction of sp³-hybridized carbons (Fsp3) is 0.364. The van der Waals surface area contributed by atoms with E-state index in [9.17, 15) is 0 Å². The van der Waals surface area contributed by atoms with Gasteiger partial charge in [-0.3, -0.25) is 10.00 Å². The lowest BCUT2D eigenvalue weighted by atomic mass is 10.1. The summed E-state index contributed by atoms with van der Waals surface area (Å²) in [6.07, 6.45) is 1.82. The maximum atomic E-state index is 8.83. The van der Waals surface area contributed by atoms with E-state index in [0.717, 1.165) is 17.4 Å². The van der Waals surface area contributed by atoms with Crippen LogP contribution >= 0.6 is 0 Å². The Balaban J connectivity index is 2.23. The number of aliphatic hydroxyl groups excluding tert-OH is 1. The third-order valence-corrected chi connectivity index (χ3v) is 2.48. The first kappa shape index (κ1) is 10.1. The van der Waals surface area contributed by atoms with E-state index >= 15 is 0 Å². The normalized spacial score (nSPS) is 11.4. The highest BCUT2D eigenvalue weighted by Gasteiger charge is 2.04. The third-order valence-electron chi connectivity index (χ3n) is 2.48. The molecule has 1 aromatic carbocycles. The van der Waals surface area contributed by atoms with E-state index in [0.29, 0.717) is 6.54 Å². The molecule has 4 heteroatoms. The van der Waals surface area contributed by atoms with E-state index in [1.54, 1.807) is 0 Å². The third kappa shape index (κ3) is 2.16. The molecule has 0 radical (unpaired) electrons. The number of nitrogens with one attached hydrogen (secondary N) is 1. The molecule has 0 amide bonds. The molecule has 0 aliphatic carbocycles. The Kier molecular flexibility index (Phi) is 2.99. The molecule has 1 heterocycles. The molecule has 0 saturated carbocycles. The summed E-state index contributed by atoms with van der Waals surface area (Å²) in [6, 6.07) is 6.14. The van der Waals surface area contributed by atoms with Gasteiger partial charge in [0.25, 0.3) is 0 Å². The largest absolute Gasteiger partial charge is 0.395 e. The van der Waals surface area contributed by atoms with Crippen molar-refractivity contribution in [3.05, 3.63) is 30.0 Å². The molecule has 0 fully saturated rings. The van der Waals surface area contributed by atoms with Gasteiger partial charge in [-0.1, -0.05) is 18.2 Å². The molecule has 80 valence electrons. The van der Waals surface area contributed by atoms with Gasteiger partial charge in [-0.25, -0.2) is 0 Å². The first-order valence-electron chi connectivity index (χ1n) is 5.01. The summed E-state index contributed by atoms with van der Waals surface area (Å²) in [5.41, 5.74) is 2.29. The number of hydrogen-bond donors (Lipinski definition) is 2. The lowest BCUT2D eigenvalue weighted by Gasteiger charge is -2.15. The fourth-order valence-corrected chi connectivity index (χ4v) is 1.70. The van der Waals surface area contributed by atoms with Gasteiger partial charge in [-0.05, 0) is 12.6 Å². The van der Waals surface area contributed by atoms with Crippen LogP contribution in [0.15, 0.2) is 24.4 Å². The van der Waals surface area contributed by atoms with Gasteiger partial charge in [0.05, 0.1) is 18.3 Å². The molecule has 0 saturated heterocycles. The summed E-state index contributed by atoms with van der Waals surface area (Å²) < 4.78 is 0. The smallest absolute Gasteiger partial charge is 0.0695 e. The lowest BCUT2D eigenvalue weighted by Crippen LogP contribution is -2.21. The Labute approximate surface area is 88.5 Å². The fourth-order valence-electron chi connectivity index (χ4n) is 1.70. The van der Waals surface area contributed by atoms with E-state index in [1.165, 1.54) is 5.56 Å². The molecule has 2 aromatic rings. The summed E-state index contributed by atoms with van der Waals surface area (Å²) in [6.45, 7) is 1.69. The molecular formula is C11H15N3O. The van der Waals surface area contributed by atoms with E-state index < -0.39 is 0 Å². The van der Waals surface area contributed by atoms with Crippen LogP contribution in [0.3, 0.4) is 0 Å². The van der Waals surface area contributed by atoms with Gasteiger partial charge in [0.2, 0.25) is 0 Å². The van der Waals surface area contributed by atoms with Gasteiger partial charge >= 0.3 is 0 Å². The van der Waals surface area contributed by atoms with Crippen molar-refractivity contribution in [1.82, 2.24) is 15.1 Å². The number of H-pyrrole nitrogens is 1. The van der Waals surface area contributed by atoms with Crippen molar-refractivity contribution in [3.63, 3.8) is 0 Å². The maximum Gasteiger partial charge on any atom is 0.0695 e. The second-order valence-corrected chi connectivity index (χ2v) is 3.71. The van der Waals surface area contributed by atoms with Crippen LogP contribution < -0.4 is 0 Å². The number of fused-ring (bicyclic) bond motifs is 1. The number of aliphatic hydroxyl groups is 1. The minimum absolute atomic E-state index is 0.190. The second-order valence-electron chi connectivity index (χ2n) is 3.71. The van der Waals surface area contributed by atoms with Crippen LogP contribution in [-0.4, -0.2) is 40.4 Å². The Morgan fingerprint density at radius 1 is 1.47 bits per heavy atom. The van der Waals surface area contributed by atoms with Gasteiger partial charge in [0.1, 0.15) is 0 Å². The topological polar surface area (TPSA) is 52.1 Å². The average Bonchev–Trinajstić information content (AvgIpc) is 2.67. The van der Waals surface area contributed by atoms with Gasteiger partial charge in [-0.2, -0.15) is 5.10 Å². The van der Waals surface area contributed by atoms with Gasteiger partial charge < -0.3 is 5.11 Å². The standard InChI is InChI=1S/C11H15N3O/c1-14(5-6-15)8-10-4-2-3-9-7-12-13-11(9)10/h2-4,7,15H,5-6,8H2,1H3,(H,12,13). The van der Waals surface area contributed by atoms with E-state index in [1.807, 2.05) is 25.4 Å². The van der Waals surface area contributed by atoms with Crippen molar-refractivity contribution in [3.8, 4) is 0 Å². The Hall–Kier alpha value is -1.39. The number of aromatic nitrogens is 2. The number of likely N-dealkylation sites (N-methyl/N-ethyl adjacent to an activating group) is 1. The van der Waals surface area contributed by atoms with Crippen molar-refractivity contribution < 1.29 is 5.11 Å². The van der Waals surface area contributed by atoms with Crippen LogP contribution in [-0.2, 0) is 6.54 Å². The Morgan fingerprint density at radius 3 is 3.13 bits per heavy atom. The molecule has 0 unspecified atom stereocenters. The van der Waals surface area contributed by atoms with Crippen LogP contribution in [0, 0.1) is 0 Å². The first-order valence-corrected chi connectivity index (χ1v) is 5.01. The molecule has 2 rings (SSSR count). The highest BCUT2D eigenvalue weighted by Crippen LogP contribution is 2.16. The average molecular weight is 205 g/mol. The number of rotatable bonds is 4. The lowest BCUT2D eigenvalue weighted by molar-refractivity contribution is 0.217. The van der Waals surface area contributed by atoms with Gasteiger partial charge in [-0.15, -0.1) is 0 Å². The molecule has 0 bridgehead atoms. The van der Waals surface area contributed by atoms with Crippen LogP contribution in [0.5, 0.6) is 0 Å². The summed E-state index contributed by atoms with van der Waals surface area (Å²) >= 11 is 0. The number of nitrogens with zero attached hydrogens (tertiary/aromatic N) is 2. The molecule has 1 aromatic heterocycles. The zero-order valence-electron chi connectivity index (χ0n) is 8.77. The number of para-hydroxylation sites is 1. The molecule has 0 aliphatic heterocycles. The molecule has 0 aliphatic rings. The summed E-state index contributed by atoms with van der Waals surface area (Å²) in [5, 5.41) is 17.0. The monoisotopic (exact) mass is 205 g/mol. The zero-order chi connectivity index (χ0) is 10.7. The van der Waals surface area contributed by atoms with E-state index in [4.69, 9.17) is 5.11 Å². The number of aromatic amines is 1. The molecule has 15 heavy (non-hydrogen) atoms. The molecule has 0 spiro atoms. The minimum atomic E-state index is 0.190. The Bertz CT molecular complexity index is 438. The summed E-state index contributed by atoms with van der Waals surface area (Å²) in [4.78, 5) is 2.08. The highest BCUT2D eigenvalue weighted by atomic mass is 16.3. The van der Waals surface area contributed by atoms with E-state index in [-0.39, 0.29) is 6.61 Å². The minimum Gasteiger partial charge on any atom is -0.395 e. The van der Waals surface area contributed by atoms with Crippen molar-refractivity contribution in [2.45, 2.75) is 6.54 Å². The maximum absolute atomic E-state index is 8.83. The molecule has 0 atom stereocenters.